The number of piperidine rings is 1. The second-order valence-corrected chi connectivity index (χ2v) is 6.93. The van der Waals surface area contributed by atoms with Crippen LogP contribution in [0.25, 0.3) is 0 Å². The summed E-state index contributed by atoms with van der Waals surface area (Å²) in [7, 11) is 0. The van der Waals surface area contributed by atoms with Crippen LogP contribution < -0.4 is 5.32 Å². The fourth-order valence-corrected chi connectivity index (χ4v) is 3.87. The van der Waals surface area contributed by atoms with Gasteiger partial charge in [-0.3, -0.25) is 9.69 Å². The molecule has 5 heteroatoms. The maximum Gasteiger partial charge on any atom is 0.225 e. The van der Waals surface area contributed by atoms with Crippen LogP contribution in [-0.2, 0) is 16.1 Å². The summed E-state index contributed by atoms with van der Waals surface area (Å²) in [6.07, 6.45) is 5.59. The van der Waals surface area contributed by atoms with E-state index in [4.69, 9.17) is 9.15 Å². The Bertz CT molecular complexity index is 512. The topological polar surface area (TPSA) is 54.7 Å². The van der Waals surface area contributed by atoms with Crippen LogP contribution in [0.15, 0.2) is 22.8 Å². The molecule has 1 amide bonds. The number of nitrogens with zero attached hydrogens (tertiary/aromatic N) is 1. The van der Waals surface area contributed by atoms with E-state index in [1.807, 2.05) is 12.1 Å². The van der Waals surface area contributed by atoms with Gasteiger partial charge < -0.3 is 14.5 Å². The van der Waals surface area contributed by atoms with Gasteiger partial charge in [0.25, 0.3) is 0 Å². The van der Waals surface area contributed by atoms with E-state index in [9.17, 15) is 4.79 Å². The molecule has 0 aromatic carbocycles. The third kappa shape index (κ3) is 3.06. The number of rotatable bonds is 5. The molecule has 1 aromatic heterocycles. The predicted molar refractivity (Wildman–Crippen MR) is 81.1 cm³/mol. The number of hydrogen-bond donors (Lipinski definition) is 1. The molecule has 0 radical (unpaired) electrons. The Hall–Kier alpha value is -1.33. The van der Waals surface area contributed by atoms with E-state index in [1.54, 1.807) is 6.26 Å². The van der Waals surface area contributed by atoms with Crippen LogP contribution in [0.3, 0.4) is 0 Å². The van der Waals surface area contributed by atoms with Crippen molar-refractivity contribution in [3.63, 3.8) is 0 Å². The Balaban J connectivity index is 1.39. The van der Waals surface area contributed by atoms with Crippen LogP contribution >= 0.6 is 0 Å². The van der Waals surface area contributed by atoms with E-state index in [2.05, 4.69) is 10.2 Å². The molecule has 3 atom stereocenters. The molecule has 22 heavy (non-hydrogen) atoms. The number of carbonyl (C=O) groups excluding carboxylic acids is 1. The van der Waals surface area contributed by atoms with Crippen molar-refractivity contribution in [3.05, 3.63) is 24.2 Å². The molecule has 0 spiro atoms. The summed E-state index contributed by atoms with van der Waals surface area (Å²) in [5.41, 5.74) is 0. The number of furan rings is 1. The first-order chi connectivity index (χ1) is 10.8. The van der Waals surface area contributed by atoms with E-state index in [0.717, 1.165) is 44.3 Å². The van der Waals surface area contributed by atoms with E-state index in [-0.39, 0.29) is 17.9 Å². The molecular weight excluding hydrogens is 280 g/mol. The van der Waals surface area contributed by atoms with Crippen LogP contribution in [-0.4, -0.2) is 43.2 Å². The monoisotopic (exact) mass is 304 g/mol. The molecule has 5 nitrogen and oxygen atoms in total. The normalized spacial score (nSPS) is 31.9. The van der Waals surface area contributed by atoms with Gasteiger partial charge in [0, 0.05) is 32.2 Å². The number of nitrogens with one attached hydrogen (secondary N) is 1. The van der Waals surface area contributed by atoms with E-state index in [0.29, 0.717) is 12.5 Å². The van der Waals surface area contributed by atoms with Crippen LogP contribution in [0, 0.1) is 17.8 Å². The van der Waals surface area contributed by atoms with Gasteiger partial charge in [-0.1, -0.05) is 0 Å². The SMILES string of the molecule is O=C(NCc1ccco1)[C@@H]1CN(CC2CC2)C[C@H]2OCC[C@H]21. The van der Waals surface area contributed by atoms with Crippen LogP contribution in [0.5, 0.6) is 0 Å². The minimum absolute atomic E-state index is 0.0509. The van der Waals surface area contributed by atoms with Crippen molar-refractivity contribution < 1.29 is 13.9 Å². The van der Waals surface area contributed by atoms with Crippen LogP contribution in [0.2, 0.25) is 0 Å². The van der Waals surface area contributed by atoms with E-state index in [1.165, 1.54) is 12.8 Å². The standard InChI is InChI=1S/C17H24N2O3/c20-17(18-8-13-2-1-6-21-13)15-10-19(9-12-3-4-12)11-16-14(15)5-7-22-16/h1-2,6,12,14-16H,3-5,7-11H2,(H,18,20)/t14-,15+,16+/m0/s1. The van der Waals surface area contributed by atoms with E-state index < -0.39 is 0 Å². The number of hydrogen-bond acceptors (Lipinski definition) is 4. The van der Waals surface area contributed by atoms with Gasteiger partial charge in [0.15, 0.2) is 0 Å². The highest BCUT2D eigenvalue weighted by Crippen LogP contribution is 2.36. The lowest BCUT2D eigenvalue weighted by Crippen LogP contribution is -2.53. The molecule has 2 aliphatic heterocycles. The number of amides is 1. The Morgan fingerprint density at radius 2 is 2.23 bits per heavy atom. The Labute approximate surface area is 131 Å². The molecule has 0 unspecified atom stereocenters. The Morgan fingerprint density at radius 3 is 3.00 bits per heavy atom. The third-order valence-corrected chi connectivity index (χ3v) is 5.24. The number of ether oxygens (including phenoxy) is 1. The Morgan fingerprint density at radius 1 is 1.32 bits per heavy atom. The first-order valence-corrected chi connectivity index (χ1v) is 8.43. The lowest BCUT2D eigenvalue weighted by atomic mass is 9.82. The highest BCUT2D eigenvalue weighted by atomic mass is 16.5. The van der Waals surface area contributed by atoms with E-state index >= 15 is 0 Å². The fraction of sp³-hybridized carbons (Fsp3) is 0.706. The van der Waals surface area contributed by atoms with Gasteiger partial charge in [0.2, 0.25) is 5.91 Å². The molecule has 1 N–H and O–H groups in total. The first-order valence-electron chi connectivity index (χ1n) is 8.43. The zero-order chi connectivity index (χ0) is 14.9. The largest absolute Gasteiger partial charge is 0.467 e. The quantitative estimate of drug-likeness (QED) is 0.898. The van der Waals surface area contributed by atoms with Gasteiger partial charge in [-0.15, -0.1) is 0 Å². The molecule has 120 valence electrons. The van der Waals surface area contributed by atoms with Gasteiger partial charge in [-0.05, 0) is 37.3 Å². The minimum Gasteiger partial charge on any atom is -0.467 e. The highest BCUT2D eigenvalue weighted by molar-refractivity contribution is 5.79. The molecule has 1 saturated carbocycles. The number of likely N-dealkylation sites (tertiary alicyclic amines) is 1. The van der Waals surface area contributed by atoms with Crippen LogP contribution in [0.1, 0.15) is 25.0 Å². The van der Waals surface area contributed by atoms with Crippen molar-refractivity contribution in [3.8, 4) is 0 Å². The summed E-state index contributed by atoms with van der Waals surface area (Å²) in [6.45, 7) is 4.29. The van der Waals surface area contributed by atoms with Gasteiger partial charge >= 0.3 is 0 Å². The van der Waals surface area contributed by atoms with Gasteiger partial charge in [-0.2, -0.15) is 0 Å². The zero-order valence-electron chi connectivity index (χ0n) is 12.9. The maximum absolute atomic E-state index is 12.6. The molecule has 3 fully saturated rings. The molecule has 3 aliphatic rings. The molecule has 1 aliphatic carbocycles. The number of fused-ring (bicyclic) bond motifs is 1. The zero-order valence-corrected chi connectivity index (χ0v) is 12.9. The average molecular weight is 304 g/mol. The first kappa shape index (κ1) is 14.3. The van der Waals surface area contributed by atoms with Crippen molar-refractivity contribution in [1.82, 2.24) is 10.2 Å². The summed E-state index contributed by atoms with van der Waals surface area (Å²) < 4.78 is 11.2. The Kier molecular flexibility index (Phi) is 3.92. The second-order valence-electron chi connectivity index (χ2n) is 6.93. The van der Waals surface area contributed by atoms with Crippen molar-refractivity contribution in [1.29, 1.82) is 0 Å². The molecule has 1 aromatic rings. The van der Waals surface area contributed by atoms with Crippen LogP contribution in [0.4, 0.5) is 0 Å². The number of carbonyl (C=O) groups is 1. The molecule has 3 heterocycles. The van der Waals surface area contributed by atoms with Gasteiger partial charge in [0.05, 0.1) is 24.8 Å². The second kappa shape index (κ2) is 6.05. The van der Waals surface area contributed by atoms with Gasteiger partial charge in [0.1, 0.15) is 5.76 Å². The summed E-state index contributed by atoms with van der Waals surface area (Å²) in [4.78, 5) is 15.1. The van der Waals surface area contributed by atoms with Gasteiger partial charge in [-0.25, -0.2) is 0 Å². The highest BCUT2D eigenvalue weighted by Gasteiger charge is 2.44. The fourth-order valence-electron chi connectivity index (χ4n) is 3.87. The van der Waals surface area contributed by atoms with Crippen molar-refractivity contribution >= 4 is 5.91 Å². The molecule has 2 saturated heterocycles. The smallest absolute Gasteiger partial charge is 0.225 e. The van der Waals surface area contributed by atoms with Crippen molar-refractivity contribution in [2.45, 2.75) is 31.9 Å². The summed E-state index contributed by atoms with van der Waals surface area (Å²) in [5.74, 6) is 2.24. The molecule has 0 bridgehead atoms. The summed E-state index contributed by atoms with van der Waals surface area (Å²) in [5, 5.41) is 3.04. The maximum atomic E-state index is 12.6. The lowest BCUT2D eigenvalue weighted by Gasteiger charge is -2.39. The average Bonchev–Trinajstić information content (AvgIpc) is 3.02. The summed E-state index contributed by atoms with van der Waals surface area (Å²) in [6, 6.07) is 3.74. The third-order valence-electron chi connectivity index (χ3n) is 5.24. The lowest BCUT2D eigenvalue weighted by molar-refractivity contribution is -0.131. The molecule has 4 rings (SSSR count). The minimum atomic E-state index is 0.0509. The van der Waals surface area contributed by atoms with Crippen molar-refractivity contribution in [2.24, 2.45) is 17.8 Å². The molecular formula is C17H24N2O3. The van der Waals surface area contributed by atoms with Crippen molar-refractivity contribution in [2.75, 3.05) is 26.2 Å². The predicted octanol–water partition coefficient (Wildman–Crippen LogP) is 1.64. The summed E-state index contributed by atoms with van der Waals surface area (Å²) >= 11 is 0.